The molecule has 0 aliphatic carbocycles. The van der Waals surface area contributed by atoms with Gasteiger partial charge in [-0.1, -0.05) is 0 Å². The SMILES string of the molecule is COCC1CCN(C2CNC(C)(C)C2)C1. The molecule has 2 unspecified atom stereocenters. The van der Waals surface area contributed by atoms with E-state index in [1.54, 1.807) is 0 Å². The van der Waals surface area contributed by atoms with Gasteiger partial charge < -0.3 is 10.1 Å². The summed E-state index contributed by atoms with van der Waals surface area (Å²) >= 11 is 0. The van der Waals surface area contributed by atoms with Crippen molar-refractivity contribution in [3.8, 4) is 0 Å². The Bertz CT molecular complexity index is 218. The van der Waals surface area contributed by atoms with Crippen LogP contribution in [0.4, 0.5) is 0 Å². The predicted octanol–water partition coefficient (Wildman–Crippen LogP) is 1.10. The number of nitrogens with zero attached hydrogens (tertiary/aromatic N) is 1. The summed E-state index contributed by atoms with van der Waals surface area (Å²) in [6.45, 7) is 9.19. The van der Waals surface area contributed by atoms with Gasteiger partial charge in [-0.05, 0) is 39.2 Å². The van der Waals surface area contributed by atoms with Crippen LogP contribution in [0.25, 0.3) is 0 Å². The van der Waals surface area contributed by atoms with E-state index in [1.165, 1.54) is 25.9 Å². The van der Waals surface area contributed by atoms with Crippen molar-refractivity contribution >= 4 is 0 Å². The first-order chi connectivity index (χ1) is 7.11. The summed E-state index contributed by atoms with van der Waals surface area (Å²) in [5.41, 5.74) is 0.337. The minimum Gasteiger partial charge on any atom is -0.384 e. The van der Waals surface area contributed by atoms with Crippen LogP contribution in [-0.4, -0.2) is 49.8 Å². The van der Waals surface area contributed by atoms with Gasteiger partial charge in [0, 0.05) is 31.8 Å². The van der Waals surface area contributed by atoms with Gasteiger partial charge in [0.05, 0.1) is 6.61 Å². The first-order valence-corrected chi connectivity index (χ1v) is 6.09. The number of methoxy groups -OCH3 is 1. The van der Waals surface area contributed by atoms with Gasteiger partial charge in [0.1, 0.15) is 0 Å². The van der Waals surface area contributed by atoms with Crippen molar-refractivity contribution in [1.82, 2.24) is 10.2 Å². The van der Waals surface area contributed by atoms with Crippen molar-refractivity contribution in [3.63, 3.8) is 0 Å². The Hall–Kier alpha value is -0.120. The third-order valence-corrected chi connectivity index (χ3v) is 3.80. The zero-order valence-electron chi connectivity index (χ0n) is 10.3. The molecule has 2 aliphatic heterocycles. The maximum absolute atomic E-state index is 5.24. The van der Waals surface area contributed by atoms with Crippen molar-refractivity contribution in [2.24, 2.45) is 5.92 Å². The maximum atomic E-state index is 5.24. The predicted molar refractivity (Wildman–Crippen MR) is 62.0 cm³/mol. The lowest BCUT2D eigenvalue weighted by atomic mass is 10.0. The summed E-state index contributed by atoms with van der Waals surface area (Å²) in [4.78, 5) is 2.64. The molecule has 2 heterocycles. The molecule has 0 spiro atoms. The number of hydrogen-bond acceptors (Lipinski definition) is 3. The third kappa shape index (κ3) is 2.71. The number of hydrogen-bond donors (Lipinski definition) is 1. The largest absolute Gasteiger partial charge is 0.384 e. The fourth-order valence-electron chi connectivity index (χ4n) is 2.95. The standard InChI is InChI=1S/C12H24N2O/c1-12(2)6-11(7-13-12)14-5-4-10(8-14)9-15-3/h10-11,13H,4-9H2,1-3H3. The topological polar surface area (TPSA) is 24.5 Å². The van der Waals surface area contributed by atoms with Gasteiger partial charge in [-0.3, -0.25) is 4.90 Å². The molecule has 2 rings (SSSR count). The van der Waals surface area contributed by atoms with Crippen LogP contribution in [0.15, 0.2) is 0 Å². The highest BCUT2D eigenvalue weighted by Crippen LogP contribution is 2.27. The Labute approximate surface area is 93.2 Å². The molecule has 0 amide bonds. The van der Waals surface area contributed by atoms with E-state index >= 15 is 0 Å². The number of rotatable bonds is 3. The molecule has 3 nitrogen and oxygen atoms in total. The molecule has 2 atom stereocenters. The van der Waals surface area contributed by atoms with E-state index < -0.39 is 0 Å². The van der Waals surface area contributed by atoms with E-state index in [4.69, 9.17) is 4.74 Å². The highest BCUT2D eigenvalue weighted by atomic mass is 16.5. The molecule has 2 saturated heterocycles. The average Bonchev–Trinajstić information content (AvgIpc) is 2.73. The Morgan fingerprint density at radius 3 is 2.87 bits per heavy atom. The molecule has 0 aromatic heterocycles. The molecule has 88 valence electrons. The fourth-order valence-corrected chi connectivity index (χ4v) is 2.95. The summed E-state index contributed by atoms with van der Waals surface area (Å²) in [5.74, 6) is 0.763. The third-order valence-electron chi connectivity index (χ3n) is 3.80. The van der Waals surface area contributed by atoms with Crippen LogP contribution in [-0.2, 0) is 4.74 Å². The highest BCUT2D eigenvalue weighted by Gasteiger charge is 2.36. The summed E-state index contributed by atoms with van der Waals surface area (Å²) in [7, 11) is 1.81. The first kappa shape index (κ1) is 11.4. The van der Waals surface area contributed by atoms with Gasteiger partial charge in [-0.25, -0.2) is 0 Å². The smallest absolute Gasteiger partial charge is 0.0503 e. The maximum Gasteiger partial charge on any atom is 0.0503 e. The molecular formula is C12H24N2O. The number of ether oxygens (including phenoxy) is 1. The molecule has 15 heavy (non-hydrogen) atoms. The van der Waals surface area contributed by atoms with Crippen molar-refractivity contribution in [2.45, 2.75) is 38.3 Å². The second-order valence-electron chi connectivity index (χ2n) is 5.73. The van der Waals surface area contributed by atoms with E-state index in [0.717, 1.165) is 25.1 Å². The van der Waals surface area contributed by atoms with Gasteiger partial charge in [-0.2, -0.15) is 0 Å². The molecule has 1 N–H and O–H groups in total. The van der Waals surface area contributed by atoms with Gasteiger partial charge in [0.2, 0.25) is 0 Å². The van der Waals surface area contributed by atoms with Crippen LogP contribution in [0.1, 0.15) is 26.7 Å². The molecule has 2 aliphatic rings. The van der Waals surface area contributed by atoms with Crippen LogP contribution in [0.2, 0.25) is 0 Å². The normalized spacial score (nSPS) is 36.2. The van der Waals surface area contributed by atoms with Gasteiger partial charge in [0.15, 0.2) is 0 Å². The van der Waals surface area contributed by atoms with Crippen LogP contribution in [0.5, 0.6) is 0 Å². The molecule has 0 saturated carbocycles. The first-order valence-electron chi connectivity index (χ1n) is 6.09. The average molecular weight is 212 g/mol. The van der Waals surface area contributed by atoms with Crippen LogP contribution in [0.3, 0.4) is 0 Å². The van der Waals surface area contributed by atoms with Crippen molar-refractivity contribution in [1.29, 1.82) is 0 Å². The molecule has 0 aromatic carbocycles. The molecule has 3 heteroatoms. The van der Waals surface area contributed by atoms with Crippen LogP contribution >= 0.6 is 0 Å². The Balaban J connectivity index is 1.81. The van der Waals surface area contributed by atoms with Gasteiger partial charge >= 0.3 is 0 Å². The van der Waals surface area contributed by atoms with E-state index in [9.17, 15) is 0 Å². The highest BCUT2D eigenvalue weighted by molar-refractivity contribution is 4.96. The lowest BCUT2D eigenvalue weighted by Gasteiger charge is -2.24. The second kappa shape index (κ2) is 4.40. The fraction of sp³-hybridized carbons (Fsp3) is 1.00. The van der Waals surface area contributed by atoms with Crippen LogP contribution in [0, 0.1) is 5.92 Å². The lowest BCUT2D eigenvalue weighted by molar-refractivity contribution is 0.147. The van der Waals surface area contributed by atoms with Crippen molar-refractivity contribution in [2.75, 3.05) is 33.4 Å². The summed E-state index contributed by atoms with van der Waals surface area (Å²) in [6.07, 6.45) is 2.59. The van der Waals surface area contributed by atoms with E-state index in [2.05, 4.69) is 24.1 Å². The monoisotopic (exact) mass is 212 g/mol. The number of likely N-dealkylation sites (tertiary alicyclic amines) is 1. The zero-order chi connectivity index (χ0) is 10.9. The van der Waals surface area contributed by atoms with Gasteiger partial charge in [0.25, 0.3) is 0 Å². The molecule has 2 fully saturated rings. The minimum atomic E-state index is 0.337. The van der Waals surface area contributed by atoms with E-state index in [-0.39, 0.29) is 0 Å². The quantitative estimate of drug-likeness (QED) is 0.758. The Morgan fingerprint density at radius 2 is 2.27 bits per heavy atom. The minimum absolute atomic E-state index is 0.337. The summed E-state index contributed by atoms with van der Waals surface area (Å²) in [5, 5.41) is 3.60. The Kier molecular flexibility index (Phi) is 3.33. The second-order valence-corrected chi connectivity index (χ2v) is 5.73. The lowest BCUT2D eigenvalue weighted by Crippen LogP contribution is -2.35. The summed E-state index contributed by atoms with van der Waals surface area (Å²) in [6, 6.07) is 0.752. The summed E-state index contributed by atoms with van der Waals surface area (Å²) < 4.78 is 5.24. The van der Waals surface area contributed by atoms with E-state index in [0.29, 0.717) is 5.54 Å². The van der Waals surface area contributed by atoms with Crippen molar-refractivity contribution < 1.29 is 4.74 Å². The van der Waals surface area contributed by atoms with E-state index in [1.807, 2.05) is 7.11 Å². The Morgan fingerprint density at radius 1 is 1.47 bits per heavy atom. The number of nitrogens with one attached hydrogen (secondary N) is 1. The molecular weight excluding hydrogens is 188 g/mol. The van der Waals surface area contributed by atoms with Crippen molar-refractivity contribution in [3.05, 3.63) is 0 Å². The van der Waals surface area contributed by atoms with Crippen LogP contribution < -0.4 is 5.32 Å². The zero-order valence-corrected chi connectivity index (χ0v) is 10.3. The molecule has 0 bridgehead atoms. The molecule has 0 aromatic rings. The van der Waals surface area contributed by atoms with Gasteiger partial charge in [-0.15, -0.1) is 0 Å². The molecule has 0 radical (unpaired) electrons.